The highest BCUT2D eigenvalue weighted by atomic mass is 16.5. The Kier molecular flexibility index (Phi) is 3.29. The first-order chi connectivity index (χ1) is 5.72. The fourth-order valence-corrected chi connectivity index (χ4v) is 0.699. The average molecular weight is 169 g/mol. The van der Waals surface area contributed by atoms with E-state index in [0.29, 0.717) is 12.0 Å². The molecule has 3 heteroatoms. The summed E-state index contributed by atoms with van der Waals surface area (Å²) in [5.41, 5.74) is 0.841. The van der Waals surface area contributed by atoms with Gasteiger partial charge >= 0.3 is 0 Å². The van der Waals surface area contributed by atoms with Crippen molar-refractivity contribution in [1.29, 1.82) is 0 Å². The summed E-state index contributed by atoms with van der Waals surface area (Å²) in [5, 5.41) is 8.66. The van der Waals surface area contributed by atoms with Crippen LogP contribution in [0.3, 0.4) is 0 Å². The van der Waals surface area contributed by atoms with Crippen LogP contribution in [0, 0.1) is 0 Å². The number of hydrogen-bond donors (Lipinski definition) is 1. The summed E-state index contributed by atoms with van der Waals surface area (Å²) < 4.78 is 5.38. The number of ether oxygens (including phenoxy) is 1. The molecule has 1 aliphatic rings. The molecule has 3 nitrogen and oxygen atoms in total. The Hall–Kier alpha value is -0.830. The number of hydrogen-bond acceptors (Lipinski definition) is 3. The van der Waals surface area contributed by atoms with Gasteiger partial charge in [0.1, 0.15) is 6.10 Å². The van der Waals surface area contributed by atoms with E-state index in [-0.39, 0.29) is 6.61 Å². The zero-order chi connectivity index (χ0) is 8.97. The highest BCUT2D eigenvalue weighted by Crippen LogP contribution is 2.23. The Bertz CT molecular complexity index is 205. The van der Waals surface area contributed by atoms with Gasteiger partial charge in [0.2, 0.25) is 0 Å². The van der Waals surface area contributed by atoms with Crippen LogP contribution in [0.25, 0.3) is 0 Å². The van der Waals surface area contributed by atoms with Gasteiger partial charge in [-0.25, -0.2) is 4.99 Å². The van der Waals surface area contributed by atoms with Gasteiger partial charge in [-0.15, -0.1) is 0 Å². The van der Waals surface area contributed by atoms with Gasteiger partial charge in [-0.05, 0) is 25.3 Å². The molecule has 68 valence electrons. The van der Waals surface area contributed by atoms with Crippen LogP contribution in [0.1, 0.15) is 26.7 Å². The molecule has 1 aliphatic carbocycles. The van der Waals surface area contributed by atoms with E-state index in [4.69, 9.17) is 9.84 Å². The second kappa shape index (κ2) is 4.26. The Morgan fingerprint density at radius 2 is 2.25 bits per heavy atom. The molecule has 0 amide bonds. The lowest BCUT2D eigenvalue weighted by Crippen LogP contribution is -2.00. The van der Waals surface area contributed by atoms with Crippen molar-refractivity contribution in [2.75, 3.05) is 6.61 Å². The second-order valence-corrected chi connectivity index (χ2v) is 3.10. The van der Waals surface area contributed by atoms with E-state index < -0.39 is 0 Å². The molecule has 0 bridgehead atoms. The Balaban J connectivity index is 2.32. The minimum absolute atomic E-state index is 0.0558. The summed E-state index contributed by atoms with van der Waals surface area (Å²) in [5.74, 6) is 0.685. The van der Waals surface area contributed by atoms with Crippen LogP contribution in [0.5, 0.6) is 0 Å². The predicted molar refractivity (Wildman–Crippen MR) is 48.1 cm³/mol. The van der Waals surface area contributed by atoms with Crippen molar-refractivity contribution in [1.82, 2.24) is 0 Å². The van der Waals surface area contributed by atoms with Crippen molar-refractivity contribution in [2.24, 2.45) is 4.99 Å². The summed E-state index contributed by atoms with van der Waals surface area (Å²) in [7, 11) is 0. The fourth-order valence-electron chi connectivity index (χ4n) is 0.699. The first-order valence-electron chi connectivity index (χ1n) is 4.20. The lowest BCUT2D eigenvalue weighted by Gasteiger charge is -2.00. The highest BCUT2D eigenvalue weighted by molar-refractivity contribution is 5.74. The Labute approximate surface area is 72.8 Å². The smallest absolute Gasteiger partial charge is 0.184 e. The summed E-state index contributed by atoms with van der Waals surface area (Å²) in [4.78, 5) is 4.05. The molecule has 0 saturated heterocycles. The van der Waals surface area contributed by atoms with E-state index in [2.05, 4.69) is 4.99 Å². The van der Waals surface area contributed by atoms with Gasteiger partial charge in [0.25, 0.3) is 0 Å². The molecule has 1 N–H and O–H groups in total. The van der Waals surface area contributed by atoms with E-state index in [1.165, 1.54) is 0 Å². The molecule has 0 unspecified atom stereocenters. The molecule has 0 aliphatic heterocycles. The van der Waals surface area contributed by atoms with Gasteiger partial charge in [0.15, 0.2) is 5.90 Å². The first-order valence-corrected chi connectivity index (χ1v) is 4.20. The van der Waals surface area contributed by atoms with Crippen LogP contribution in [0.2, 0.25) is 0 Å². The highest BCUT2D eigenvalue weighted by Gasteiger charge is 2.23. The van der Waals surface area contributed by atoms with Crippen LogP contribution in [-0.2, 0) is 4.74 Å². The Morgan fingerprint density at radius 1 is 1.58 bits per heavy atom. The summed E-state index contributed by atoms with van der Waals surface area (Å²) in [6.07, 6.45) is 4.33. The molecule has 0 spiro atoms. The summed E-state index contributed by atoms with van der Waals surface area (Å²) >= 11 is 0. The molecule has 1 rings (SSSR count). The van der Waals surface area contributed by atoms with Crippen molar-refractivity contribution in [3.8, 4) is 0 Å². The Morgan fingerprint density at radius 3 is 2.75 bits per heavy atom. The van der Waals surface area contributed by atoms with E-state index in [9.17, 15) is 0 Å². The van der Waals surface area contributed by atoms with Gasteiger partial charge in [0, 0.05) is 13.1 Å². The zero-order valence-corrected chi connectivity index (χ0v) is 7.58. The molecule has 0 radical (unpaired) electrons. The van der Waals surface area contributed by atoms with E-state index in [1.807, 2.05) is 13.8 Å². The molecule has 0 atom stereocenters. The normalized spacial score (nSPS) is 19.6. The van der Waals surface area contributed by atoms with Gasteiger partial charge in [-0.1, -0.05) is 0 Å². The van der Waals surface area contributed by atoms with Crippen LogP contribution in [0.15, 0.2) is 16.8 Å². The molecule has 0 aromatic heterocycles. The van der Waals surface area contributed by atoms with E-state index in [1.54, 1.807) is 6.20 Å². The van der Waals surface area contributed by atoms with Crippen molar-refractivity contribution >= 4 is 5.90 Å². The molecule has 0 aromatic carbocycles. The molecular weight excluding hydrogens is 154 g/mol. The van der Waals surface area contributed by atoms with Crippen molar-refractivity contribution in [3.63, 3.8) is 0 Å². The SMILES string of the molecule is C/C(=C\N=C(/C)OC1CC1)CO. The second-order valence-electron chi connectivity index (χ2n) is 3.10. The standard InChI is InChI=1S/C9H15NO2/c1-7(6-11)5-10-8(2)12-9-3-4-9/h5,9,11H,3-4,6H2,1-2H3/b7-5+,10-8+. The van der Waals surface area contributed by atoms with Gasteiger partial charge in [-0.3, -0.25) is 0 Å². The monoisotopic (exact) mass is 169 g/mol. The molecule has 1 fully saturated rings. The summed E-state index contributed by atoms with van der Waals surface area (Å²) in [6, 6.07) is 0. The number of aliphatic hydroxyl groups excluding tert-OH is 1. The third-order valence-electron chi connectivity index (χ3n) is 1.58. The van der Waals surface area contributed by atoms with Gasteiger partial charge in [-0.2, -0.15) is 0 Å². The van der Waals surface area contributed by atoms with Gasteiger partial charge < -0.3 is 9.84 Å². The average Bonchev–Trinajstić information content (AvgIpc) is 2.84. The van der Waals surface area contributed by atoms with Crippen LogP contribution in [-0.4, -0.2) is 23.7 Å². The van der Waals surface area contributed by atoms with E-state index in [0.717, 1.165) is 18.4 Å². The molecule has 0 heterocycles. The lowest BCUT2D eigenvalue weighted by atomic mass is 10.4. The topological polar surface area (TPSA) is 41.8 Å². The zero-order valence-electron chi connectivity index (χ0n) is 7.58. The quantitative estimate of drug-likeness (QED) is 0.513. The maximum absolute atomic E-state index is 8.66. The number of nitrogens with zero attached hydrogens (tertiary/aromatic N) is 1. The fraction of sp³-hybridized carbons (Fsp3) is 0.667. The maximum Gasteiger partial charge on any atom is 0.184 e. The number of aliphatic hydroxyl groups is 1. The minimum Gasteiger partial charge on any atom is -0.478 e. The molecule has 1 saturated carbocycles. The van der Waals surface area contributed by atoms with E-state index >= 15 is 0 Å². The van der Waals surface area contributed by atoms with Crippen LogP contribution < -0.4 is 0 Å². The van der Waals surface area contributed by atoms with Crippen molar-refractivity contribution in [2.45, 2.75) is 32.8 Å². The molecule has 0 aromatic rings. The molecule has 12 heavy (non-hydrogen) atoms. The number of rotatable bonds is 3. The largest absolute Gasteiger partial charge is 0.478 e. The lowest BCUT2D eigenvalue weighted by molar-refractivity contribution is 0.287. The number of aliphatic imine (C=N–C) groups is 1. The van der Waals surface area contributed by atoms with Crippen molar-refractivity contribution < 1.29 is 9.84 Å². The van der Waals surface area contributed by atoms with Crippen LogP contribution in [0.4, 0.5) is 0 Å². The maximum atomic E-state index is 8.66. The first kappa shape index (κ1) is 9.26. The third-order valence-corrected chi connectivity index (χ3v) is 1.58. The minimum atomic E-state index is 0.0558. The van der Waals surface area contributed by atoms with Crippen molar-refractivity contribution in [3.05, 3.63) is 11.8 Å². The summed E-state index contributed by atoms with van der Waals surface area (Å²) in [6.45, 7) is 3.72. The van der Waals surface area contributed by atoms with Gasteiger partial charge in [0.05, 0.1) is 6.61 Å². The third kappa shape index (κ3) is 3.53. The van der Waals surface area contributed by atoms with Crippen LogP contribution >= 0.6 is 0 Å². The predicted octanol–water partition coefficient (Wildman–Crippen LogP) is 1.48. The molecular formula is C9H15NO2.